The zero-order valence-electron chi connectivity index (χ0n) is 12.7. The predicted molar refractivity (Wildman–Crippen MR) is 97.1 cm³/mol. The van der Waals surface area contributed by atoms with Crippen LogP contribution in [0.3, 0.4) is 0 Å². The smallest absolute Gasteiger partial charge is 0.101 e. The average Bonchev–Trinajstić information content (AvgIpc) is 2.64. The molecule has 0 fully saturated rings. The van der Waals surface area contributed by atoms with E-state index in [4.69, 9.17) is 0 Å². The number of nitriles is 2. The van der Waals surface area contributed by atoms with Crippen LogP contribution in [0.1, 0.15) is 11.1 Å². The second-order valence-corrected chi connectivity index (χ2v) is 6.01. The van der Waals surface area contributed by atoms with Gasteiger partial charge in [0.15, 0.2) is 0 Å². The molecule has 0 radical (unpaired) electrons. The van der Waals surface area contributed by atoms with Crippen molar-refractivity contribution in [3.63, 3.8) is 0 Å². The van der Waals surface area contributed by atoms with Crippen molar-refractivity contribution in [3.8, 4) is 12.1 Å². The maximum atomic E-state index is 9.74. The Hall–Kier alpha value is -3.62. The maximum absolute atomic E-state index is 9.74. The minimum absolute atomic E-state index is 0.438. The van der Waals surface area contributed by atoms with E-state index in [1.54, 1.807) is 0 Å². The maximum Gasteiger partial charge on any atom is 0.101 e. The molecule has 0 amide bonds. The van der Waals surface area contributed by atoms with Gasteiger partial charge in [0, 0.05) is 5.39 Å². The van der Waals surface area contributed by atoms with Gasteiger partial charge in [0.05, 0.1) is 11.1 Å². The molecule has 0 saturated heterocycles. The summed E-state index contributed by atoms with van der Waals surface area (Å²) >= 11 is 0. The molecule has 5 aromatic rings. The molecule has 0 N–H and O–H groups in total. The largest absolute Gasteiger partial charge is 0.192 e. The Morgan fingerprint density at radius 1 is 0.583 bits per heavy atom. The van der Waals surface area contributed by atoms with E-state index in [0.717, 1.165) is 37.7 Å². The molecule has 0 aliphatic heterocycles. The highest BCUT2D eigenvalue weighted by atomic mass is 14.3. The van der Waals surface area contributed by atoms with Gasteiger partial charge >= 0.3 is 0 Å². The van der Waals surface area contributed by atoms with E-state index in [-0.39, 0.29) is 0 Å². The fourth-order valence-electron chi connectivity index (χ4n) is 3.93. The van der Waals surface area contributed by atoms with Crippen LogP contribution in [0.4, 0.5) is 0 Å². The molecular formula is C22H10N2. The minimum atomic E-state index is 0.438. The lowest BCUT2D eigenvalue weighted by atomic mass is 9.86. The first kappa shape index (κ1) is 12.9. The van der Waals surface area contributed by atoms with Crippen LogP contribution in [-0.4, -0.2) is 0 Å². The van der Waals surface area contributed by atoms with Crippen LogP contribution in [0, 0.1) is 22.7 Å². The molecule has 5 rings (SSSR count). The molecule has 0 spiro atoms. The Bertz CT molecular complexity index is 1360. The van der Waals surface area contributed by atoms with Crippen molar-refractivity contribution in [1.82, 2.24) is 0 Å². The van der Waals surface area contributed by atoms with Gasteiger partial charge in [-0.3, -0.25) is 0 Å². The second-order valence-electron chi connectivity index (χ2n) is 6.01. The molecule has 108 valence electrons. The normalized spacial score (nSPS) is 11.2. The third-order valence-electron chi connectivity index (χ3n) is 4.86. The third kappa shape index (κ3) is 1.43. The van der Waals surface area contributed by atoms with E-state index in [1.165, 1.54) is 5.39 Å². The minimum Gasteiger partial charge on any atom is -0.192 e. The van der Waals surface area contributed by atoms with Gasteiger partial charge in [-0.05, 0) is 43.8 Å². The van der Waals surface area contributed by atoms with Crippen molar-refractivity contribution >= 4 is 43.1 Å². The lowest BCUT2D eigenvalue weighted by Gasteiger charge is -2.15. The quantitative estimate of drug-likeness (QED) is 0.281. The van der Waals surface area contributed by atoms with Gasteiger partial charge < -0.3 is 0 Å². The summed E-state index contributed by atoms with van der Waals surface area (Å²) in [6, 6.07) is 24.9. The van der Waals surface area contributed by atoms with Gasteiger partial charge in [0.1, 0.15) is 12.1 Å². The summed E-state index contributed by atoms with van der Waals surface area (Å²) < 4.78 is 0. The van der Waals surface area contributed by atoms with Crippen LogP contribution in [0.25, 0.3) is 43.1 Å². The molecule has 0 atom stereocenters. The SMILES string of the molecule is N#Cc1cc2cccc3c4cccc5cccc(c(c1C#N)c23)c54. The van der Waals surface area contributed by atoms with E-state index in [2.05, 4.69) is 48.5 Å². The number of fused-ring (bicyclic) bond motifs is 2. The highest BCUT2D eigenvalue weighted by Crippen LogP contribution is 2.42. The third-order valence-corrected chi connectivity index (χ3v) is 4.86. The van der Waals surface area contributed by atoms with Gasteiger partial charge in [-0.1, -0.05) is 54.6 Å². The summed E-state index contributed by atoms with van der Waals surface area (Å²) in [6.07, 6.45) is 0. The van der Waals surface area contributed by atoms with E-state index in [0.29, 0.717) is 11.1 Å². The predicted octanol–water partition coefficient (Wildman–Crippen LogP) is 5.48. The lowest BCUT2D eigenvalue weighted by Crippen LogP contribution is -1.92. The molecule has 0 aliphatic carbocycles. The molecule has 5 aromatic carbocycles. The fraction of sp³-hybridized carbons (Fsp3) is 0. The summed E-state index contributed by atoms with van der Waals surface area (Å²) in [4.78, 5) is 0. The molecule has 0 unspecified atom stereocenters. The summed E-state index contributed by atoms with van der Waals surface area (Å²) in [7, 11) is 0. The Balaban J connectivity index is 2.30. The average molecular weight is 302 g/mol. The Kier molecular flexibility index (Phi) is 2.38. The standard InChI is InChI=1S/C22H10N2/c23-11-15-10-14-6-3-8-17-16-7-1-4-13-5-2-9-18(20(13)16)22(21(14)17)19(15)12-24/h1-10H. The molecular weight excluding hydrogens is 292 g/mol. The van der Waals surface area contributed by atoms with Crippen LogP contribution in [-0.2, 0) is 0 Å². The number of rotatable bonds is 0. The molecule has 0 aliphatic rings. The van der Waals surface area contributed by atoms with Crippen LogP contribution in [0.5, 0.6) is 0 Å². The second kappa shape index (κ2) is 4.44. The van der Waals surface area contributed by atoms with Gasteiger partial charge in [-0.15, -0.1) is 0 Å². The fourth-order valence-corrected chi connectivity index (χ4v) is 3.93. The van der Waals surface area contributed by atoms with E-state index >= 15 is 0 Å². The van der Waals surface area contributed by atoms with Crippen LogP contribution in [0.2, 0.25) is 0 Å². The Morgan fingerprint density at radius 2 is 1.21 bits per heavy atom. The molecule has 2 nitrogen and oxygen atoms in total. The van der Waals surface area contributed by atoms with Crippen LogP contribution < -0.4 is 0 Å². The molecule has 24 heavy (non-hydrogen) atoms. The van der Waals surface area contributed by atoms with Crippen LogP contribution in [0.15, 0.2) is 60.7 Å². The zero-order chi connectivity index (χ0) is 16.3. The molecule has 0 heterocycles. The van der Waals surface area contributed by atoms with Crippen LogP contribution >= 0.6 is 0 Å². The summed E-state index contributed by atoms with van der Waals surface area (Å²) in [5.74, 6) is 0. The van der Waals surface area contributed by atoms with Crippen molar-refractivity contribution in [2.75, 3.05) is 0 Å². The van der Waals surface area contributed by atoms with E-state index in [9.17, 15) is 10.5 Å². The van der Waals surface area contributed by atoms with Crippen molar-refractivity contribution in [2.24, 2.45) is 0 Å². The van der Waals surface area contributed by atoms with Crippen molar-refractivity contribution in [3.05, 3.63) is 71.8 Å². The molecule has 0 aromatic heterocycles. The molecule has 0 bridgehead atoms. The van der Waals surface area contributed by atoms with E-state index < -0.39 is 0 Å². The van der Waals surface area contributed by atoms with Gasteiger partial charge in [-0.25, -0.2) is 0 Å². The first-order chi connectivity index (χ1) is 11.8. The first-order valence-corrected chi connectivity index (χ1v) is 7.76. The van der Waals surface area contributed by atoms with E-state index in [1.807, 2.05) is 24.3 Å². The first-order valence-electron chi connectivity index (χ1n) is 7.76. The van der Waals surface area contributed by atoms with Crippen molar-refractivity contribution in [1.29, 1.82) is 10.5 Å². The summed E-state index contributed by atoms with van der Waals surface area (Å²) in [5.41, 5.74) is 0.910. The molecule has 0 saturated carbocycles. The summed E-state index contributed by atoms with van der Waals surface area (Å²) in [5, 5.41) is 27.9. The topological polar surface area (TPSA) is 47.6 Å². The Labute approximate surface area is 138 Å². The van der Waals surface area contributed by atoms with Crippen molar-refractivity contribution in [2.45, 2.75) is 0 Å². The van der Waals surface area contributed by atoms with Crippen molar-refractivity contribution < 1.29 is 0 Å². The number of hydrogen-bond donors (Lipinski definition) is 0. The summed E-state index contributed by atoms with van der Waals surface area (Å²) in [6.45, 7) is 0. The number of benzene rings is 5. The highest BCUT2D eigenvalue weighted by Gasteiger charge is 2.17. The number of nitrogens with zero attached hydrogens (tertiary/aromatic N) is 2. The molecule has 2 heteroatoms. The Morgan fingerprint density at radius 3 is 1.88 bits per heavy atom. The van der Waals surface area contributed by atoms with Gasteiger partial charge in [-0.2, -0.15) is 10.5 Å². The van der Waals surface area contributed by atoms with Gasteiger partial charge in [0.2, 0.25) is 0 Å². The van der Waals surface area contributed by atoms with Gasteiger partial charge in [0.25, 0.3) is 0 Å². The number of hydrogen-bond acceptors (Lipinski definition) is 2. The monoisotopic (exact) mass is 302 g/mol. The lowest BCUT2D eigenvalue weighted by molar-refractivity contribution is 1.46. The highest BCUT2D eigenvalue weighted by molar-refractivity contribution is 6.34. The zero-order valence-corrected chi connectivity index (χ0v) is 12.7.